The van der Waals surface area contributed by atoms with E-state index in [0.29, 0.717) is 30.3 Å². The summed E-state index contributed by atoms with van der Waals surface area (Å²) in [6.45, 7) is 4.07. The fraction of sp³-hybridized carbons (Fsp3) is 0.435. The number of ether oxygens (including phenoxy) is 3. The zero-order chi connectivity index (χ0) is 22.4. The van der Waals surface area contributed by atoms with Crippen molar-refractivity contribution in [3.8, 4) is 23.0 Å². The van der Waals surface area contributed by atoms with Crippen LogP contribution in [0, 0.1) is 0 Å². The van der Waals surface area contributed by atoms with Crippen molar-refractivity contribution in [2.75, 3.05) is 66.0 Å². The fourth-order valence-electron chi connectivity index (χ4n) is 3.77. The molecule has 0 atom stereocenters. The van der Waals surface area contributed by atoms with Crippen molar-refractivity contribution in [3.05, 3.63) is 42.0 Å². The van der Waals surface area contributed by atoms with Crippen molar-refractivity contribution >= 4 is 11.6 Å². The van der Waals surface area contributed by atoms with Crippen molar-refractivity contribution in [2.45, 2.75) is 6.54 Å². The van der Waals surface area contributed by atoms with Crippen molar-refractivity contribution in [1.29, 1.82) is 0 Å². The van der Waals surface area contributed by atoms with Crippen LogP contribution in [0.5, 0.6) is 23.0 Å². The Balaban J connectivity index is 1.56. The SMILES string of the molecule is COc1ccc(CN(C)C(=O)CN2CCN(c3ccc(O)cc3)CC2)c(OC)c1OC. The maximum atomic E-state index is 12.8. The minimum absolute atomic E-state index is 0.0509. The summed E-state index contributed by atoms with van der Waals surface area (Å²) in [5.41, 5.74) is 1.94. The van der Waals surface area contributed by atoms with Crippen LogP contribution in [0.25, 0.3) is 0 Å². The molecule has 0 aliphatic carbocycles. The number of nitrogens with zero attached hydrogens (tertiary/aromatic N) is 3. The number of phenols is 1. The first kappa shape index (κ1) is 22.6. The molecule has 1 N–H and O–H groups in total. The molecule has 1 aliphatic rings. The van der Waals surface area contributed by atoms with E-state index in [4.69, 9.17) is 14.2 Å². The number of amides is 1. The molecule has 2 aromatic carbocycles. The van der Waals surface area contributed by atoms with E-state index < -0.39 is 0 Å². The molecule has 0 radical (unpaired) electrons. The Morgan fingerprint density at radius 3 is 2.16 bits per heavy atom. The minimum atomic E-state index is 0.0509. The van der Waals surface area contributed by atoms with Crippen molar-refractivity contribution in [1.82, 2.24) is 9.80 Å². The fourth-order valence-corrected chi connectivity index (χ4v) is 3.77. The lowest BCUT2D eigenvalue weighted by molar-refractivity contribution is -0.131. The summed E-state index contributed by atoms with van der Waals surface area (Å²) in [4.78, 5) is 19.0. The topological polar surface area (TPSA) is 74.7 Å². The van der Waals surface area contributed by atoms with E-state index >= 15 is 0 Å². The maximum absolute atomic E-state index is 12.8. The lowest BCUT2D eigenvalue weighted by Gasteiger charge is -2.36. The molecule has 0 saturated carbocycles. The number of benzene rings is 2. The average molecular weight is 430 g/mol. The van der Waals surface area contributed by atoms with Gasteiger partial charge in [0.05, 0.1) is 27.9 Å². The number of piperazine rings is 1. The van der Waals surface area contributed by atoms with Crippen LogP contribution in [0.15, 0.2) is 36.4 Å². The molecule has 3 rings (SSSR count). The van der Waals surface area contributed by atoms with Crippen LogP contribution in [0.4, 0.5) is 5.69 Å². The number of methoxy groups -OCH3 is 3. The Labute approximate surface area is 183 Å². The summed E-state index contributed by atoms with van der Waals surface area (Å²) in [6, 6.07) is 10.9. The molecular formula is C23H31N3O5. The molecule has 168 valence electrons. The summed E-state index contributed by atoms with van der Waals surface area (Å²) < 4.78 is 16.3. The Kier molecular flexibility index (Phi) is 7.46. The number of hydrogen-bond acceptors (Lipinski definition) is 7. The summed E-state index contributed by atoms with van der Waals surface area (Å²) in [5.74, 6) is 2.00. The van der Waals surface area contributed by atoms with Gasteiger partial charge in [-0.15, -0.1) is 0 Å². The average Bonchev–Trinajstić information content (AvgIpc) is 2.79. The molecule has 0 spiro atoms. The predicted octanol–water partition coefficient (Wildman–Crippen LogP) is 2.20. The third kappa shape index (κ3) is 5.32. The van der Waals surface area contributed by atoms with Gasteiger partial charge in [0.15, 0.2) is 11.5 Å². The van der Waals surface area contributed by atoms with Gasteiger partial charge in [-0.25, -0.2) is 0 Å². The third-order valence-corrected chi connectivity index (χ3v) is 5.57. The summed E-state index contributed by atoms with van der Waals surface area (Å²) in [5, 5.41) is 9.45. The lowest BCUT2D eigenvalue weighted by Crippen LogP contribution is -2.49. The van der Waals surface area contributed by atoms with E-state index in [1.807, 2.05) is 24.3 Å². The van der Waals surface area contributed by atoms with E-state index in [1.165, 1.54) is 0 Å². The molecule has 0 bridgehead atoms. The van der Waals surface area contributed by atoms with Crippen molar-refractivity contribution in [2.24, 2.45) is 0 Å². The normalized spacial score (nSPS) is 14.3. The number of likely N-dealkylation sites (N-methyl/N-ethyl adjacent to an activating group) is 1. The monoisotopic (exact) mass is 429 g/mol. The number of hydrogen-bond donors (Lipinski definition) is 1. The molecule has 8 nitrogen and oxygen atoms in total. The van der Waals surface area contributed by atoms with Crippen LogP contribution in [0.2, 0.25) is 0 Å². The summed E-state index contributed by atoms with van der Waals surface area (Å²) in [6.07, 6.45) is 0. The van der Waals surface area contributed by atoms with Crippen molar-refractivity contribution < 1.29 is 24.1 Å². The van der Waals surface area contributed by atoms with Crippen LogP contribution in [0.1, 0.15) is 5.56 Å². The van der Waals surface area contributed by atoms with Gasteiger partial charge in [-0.05, 0) is 36.4 Å². The molecule has 1 fully saturated rings. The molecule has 1 amide bonds. The molecule has 8 heteroatoms. The third-order valence-electron chi connectivity index (χ3n) is 5.57. The number of anilines is 1. The number of carbonyl (C=O) groups excluding carboxylic acids is 1. The Bertz CT molecular complexity index is 880. The second-order valence-electron chi connectivity index (χ2n) is 7.52. The smallest absolute Gasteiger partial charge is 0.236 e. The lowest BCUT2D eigenvalue weighted by atomic mass is 10.1. The molecule has 2 aromatic rings. The molecule has 1 heterocycles. The van der Waals surface area contributed by atoms with Gasteiger partial charge in [0.2, 0.25) is 11.7 Å². The largest absolute Gasteiger partial charge is 0.508 e. The van der Waals surface area contributed by atoms with E-state index in [-0.39, 0.29) is 11.7 Å². The number of aromatic hydroxyl groups is 1. The Hall–Kier alpha value is -3.13. The first-order valence-corrected chi connectivity index (χ1v) is 10.2. The van der Waals surface area contributed by atoms with Gasteiger partial charge in [-0.1, -0.05) is 0 Å². The zero-order valence-electron chi connectivity index (χ0n) is 18.6. The summed E-state index contributed by atoms with van der Waals surface area (Å²) >= 11 is 0. The van der Waals surface area contributed by atoms with Crippen molar-refractivity contribution in [3.63, 3.8) is 0 Å². The van der Waals surface area contributed by atoms with Gasteiger partial charge < -0.3 is 29.1 Å². The van der Waals surface area contributed by atoms with E-state index in [0.717, 1.165) is 37.4 Å². The van der Waals surface area contributed by atoms with Crippen LogP contribution >= 0.6 is 0 Å². The molecule has 1 aliphatic heterocycles. The second-order valence-corrected chi connectivity index (χ2v) is 7.52. The molecular weight excluding hydrogens is 398 g/mol. The van der Waals surface area contributed by atoms with Crippen LogP contribution < -0.4 is 19.1 Å². The van der Waals surface area contributed by atoms with Gasteiger partial charge in [0.25, 0.3) is 0 Å². The predicted molar refractivity (Wildman–Crippen MR) is 119 cm³/mol. The quantitative estimate of drug-likeness (QED) is 0.690. The second kappa shape index (κ2) is 10.3. The minimum Gasteiger partial charge on any atom is -0.508 e. The maximum Gasteiger partial charge on any atom is 0.236 e. The molecule has 0 aromatic heterocycles. The molecule has 0 unspecified atom stereocenters. The standard InChI is InChI=1S/C23H31N3O5/c1-24(15-17-5-10-20(29-2)23(31-4)22(17)30-3)21(28)16-25-11-13-26(14-12-25)18-6-8-19(27)9-7-18/h5-10,27H,11-16H2,1-4H3. The number of carbonyl (C=O) groups is 1. The van der Waals surface area contributed by atoms with Crippen LogP contribution in [-0.2, 0) is 11.3 Å². The summed E-state index contributed by atoms with van der Waals surface area (Å²) in [7, 11) is 6.52. The van der Waals surface area contributed by atoms with Crippen LogP contribution in [-0.4, -0.2) is 81.9 Å². The Morgan fingerprint density at radius 2 is 1.58 bits per heavy atom. The highest BCUT2D eigenvalue weighted by molar-refractivity contribution is 5.78. The molecule has 31 heavy (non-hydrogen) atoms. The van der Waals surface area contributed by atoms with Gasteiger partial charge in [0, 0.05) is 51.0 Å². The highest BCUT2D eigenvalue weighted by Gasteiger charge is 2.22. The van der Waals surface area contributed by atoms with E-state index in [1.54, 1.807) is 45.4 Å². The Morgan fingerprint density at radius 1 is 0.935 bits per heavy atom. The number of phenolic OH excluding ortho intramolecular Hbond substituents is 1. The van der Waals surface area contributed by atoms with E-state index in [2.05, 4.69) is 9.80 Å². The van der Waals surface area contributed by atoms with Gasteiger partial charge in [0.1, 0.15) is 5.75 Å². The number of rotatable bonds is 8. The highest BCUT2D eigenvalue weighted by Crippen LogP contribution is 2.40. The van der Waals surface area contributed by atoms with Crippen LogP contribution in [0.3, 0.4) is 0 Å². The first-order valence-electron chi connectivity index (χ1n) is 10.2. The first-order chi connectivity index (χ1) is 15.0. The molecule has 1 saturated heterocycles. The zero-order valence-corrected chi connectivity index (χ0v) is 18.6. The van der Waals surface area contributed by atoms with E-state index in [9.17, 15) is 9.90 Å². The van der Waals surface area contributed by atoms with Gasteiger partial charge in [-0.3, -0.25) is 9.69 Å². The van der Waals surface area contributed by atoms with Gasteiger partial charge >= 0.3 is 0 Å². The highest BCUT2D eigenvalue weighted by atomic mass is 16.5. The van der Waals surface area contributed by atoms with Gasteiger partial charge in [-0.2, -0.15) is 0 Å².